The molecule has 0 bridgehead atoms. The summed E-state index contributed by atoms with van der Waals surface area (Å²) in [5.41, 5.74) is 13.2. The molecule has 7 heteroatoms. The van der Waals surface area contributed by atoms with Crippen LogP contribution in [0.25, 0.3) is 6.08 Å². The molecule has 1 aromatic carbocycles. The summed E-state index contributed by atoms with van der Waals surface area (Å²) in [6.07, 6.45) is 6.01. The molecule has 1 unspecified atom stereocenters. The van der Waals surface area contributed by atoms with E-state index in [4.69, 9.17) is 16.6 Å². The number of aliphatic carboxylic acids is 1. The monoisotopic (exact) mass is 330 g/mol. The fourth-order valence-corrected chi connectivity index (χ4v) is 2.60. The second-order valence-electron chi connectivity index (χ2n) is 5.76. The molecule has 1 atom stereocenters. The molecule has 2 rings (SSSR count). The van der Waals surface area contributed by atoms with Gasteiger partial charge in [0.15, 0.2) is 5.96 Å². The predicted octanol–water partition coefficient (Wildman–Crippen LogP) is 1.34. The minimum atomic E-state index is -0.959. The van der Waals surface area contributed by atoms with Crippen LogP contribution in [0.15, 0.2) is 29.3 Å². The summed E-state index contributed by atoms with van der Waals surface area (Å²) in [6.45, 7) is 0.595. The number of rotatable bonds is 7. The lowest BCUT2D eigenvalue weighted by Gasteiger charge is -2.23. The smallest absolute Gasteiger partial charge is 0.304 e. The molecule has 1 aliphatic rings. The standard InChI is InChI=1S/C17H22N4O3/c18-17(19)20-7-3-1-2-4-11-5-6-12-9-13(10-15(22)23)16(24)21-14(12)8-11/h2,4-6,8,13H,1,3,7,9-10H2,(H,21,24)(H,22,23)(H4,18,19,20)/b4-2+. The van der Waals surface area contributed by atoms with Gasteiger partial charge in [-0.1, -0.05) is 24.3 Å². The largest absolute Gasteiger partial charge is 0.481 e. The Morgan fingerprint density at radius 1 is 1.42 bits per heavy atom. The first-order valence-electron chi connectivity index (χ1n) is 7.83. The number of carboxylic acids is 1. The van der Waals surface area contributed by atoms with Crippen molar-refractivity contribution in [3.63, 3.8) is 0 Å². The molecule has 128 valence electrons. The first-order chi connectivity index (χ1) is 11.5. The number of amides is 1. The average molecular weight is 330 g/mol. The number of unbranched alkanes of at least 4 members (excludes halogenated alkanes) is 1. The number of nitrogens with two attached hydrogens (primary N) is 2. The third kappa shape index (κ3) is 5.12. The minimum Gasteiger partial charge on any atom is -0.481 e. The molecule has 0 saturated carbocycles. The Morgan fingerprint density at radius 3 is 2.92 bits per heavy atom. The number of aliphatic imine (C=N–C) groups is 1. The van der Waals surface area contributed by atoms with E-state index < -0.39 is 11.9 Å². The normalized spacial score (nSPS) is 16.5. The fourth-order valence-electron chi connectivity index (χ4n) is 2.60. The van der Waals surface area contributed by atoms with Crippen LogP contribution in [0.3, 0.4) is 0 Å². The van der Waals surface area contributed by atoms with Gasteiger partial charge >= 0.3 is 5.97 Å². The number of carbonyl (C=O) groups excluding carboxylic acids is 1. The zero-order valence-electron chi connectivity index (χ0n) is 13.4. The van der Waals surface area contributed by atoms with E-state index in [0.29, 0.717) is 13.0 Å². The summed E-state index contributed by atoms with van der Waals surface area (Å²) < 4.78 is 0. The summed E-state index contributed by atoms with van der Waals surface area (Å²) in [5, 5.41) is 11.7. The van der Waals surface area contributed by atoms with Crippen molar-refractivity contribution in [1.29, 1.82) is 0 Å². The Hall–Kier alpha value is -2.83. The number of benzene rings is 1. The molecule has 0 aromatic heterocycles. The summed E-state index contributed by atoms with van der Waals surface area (Å²) in [7, 11) is 0. The number of carboxylic acid groups (broad SMARTS) is 1. The Kier molecular flexibility index (Phi) is 5.95. The zero-order valence-corrected chi connectivity index (χ0v) is 13.4. The van der Waals surface area contributed by atoms with Crippen LogP contribution in [0.5, 0.6) is 0 Å². The maximum absolute atomic E-state index is 12.0. The topological polar surface area (TPSA) is 131 Å². The molecule has 0 spiro atoms. The van der Waals surface area contributed by atoms with Crippen molar-refractivity contribution in [1.82, 2.24) is 0 Å². The quantitative estimate of drug-likeness (QED) is 0.340. The van der Waals surface area contributed by atoms with Gasteiger partial charge in [0.25, 0.3) is 0 Å². The van der Waals surface area contributed by atoms with E-state index in [-0.39, 0.29) is 18.3 Å². The molecular formula is C17H22N4O3. The Labute approximate surface area is 140 Å². The molecule has 7 nitrogen and oxygen atoms in total. The number of guanidine groups is 1. The van der Waals surface area contributed by atoms with Crippen molar-refractivity contribution in [3.8, 4) is 0 Å². The van der Waals surface area contributed by atoms with Crippen LogP contribution >= 0.6 is 0 Å². The number of hydrogen-bond donors (Lipinski definition) is 4. The van der Waals surface area contributed by atoms with Crippen molar-refractivity contribution in [2.45, 2.75) is 25.7 Å². The van der Waals surface area contributed by atoms with E-state index >= 15 is 0 Å². The molecule has 0 radical (unpaired) electrons. The van der Waals surface area contributed by atoms with Gasteiger partial charge in [-0.15, -0.1) is 0 Å². The first-order valence-corrected chi connectivity index (χ1v) is 7.83. The second kappa shape index (κ2) is 8.14. The van der Waals surface area contributed by atoms with Crippen molar-refractivity contribution in [2.75, 3.05) is 11.9 Å². The van der Waals surface area contributed by atoms with Crippen molar-refractivity contribution < 1.29 is 14.7 Å². The lowest BCUT2D eigenvalue weighted by Crippen LogP contribution is -2.31. The molecule has 0 saturated heterocycles. The van der Waals surface area contributed by atoms with Crippen molar-refractivity contribution in [2.24, 2.45) is 22.4 Å². The molecule has 1 aromatic rings. The van der Waals surface area contributed by atoms with Gasteiger partial charge in [0.2, 0.25) is 5.91 Å². The number of nitrogens with one attached hydrogen (secondary N) is 1. The number of fused-ring (bicyclic) bond motifs is 1. The molecule has 24 heavy (non-hydrogen) atoms. The highest BCUT2D eigenvalue weighted by Crippen LogP contribution is 2.28. The van der Waals surface area contributed by atoms with Crippen molar-refractivity contribution >= 4 is 29.6 Å². The summed E-state index contributed by atoms with van der Waals surface area (Å²) >= 11 is 0. The number of carbonyl (C=O) groups is 2. The number of hydrogen-bond acceptors (Lipinski definition) is 3. The zero-order chi connectivity index (χ0) is 17.5. The lowest BCUT2D eigenvalue weighted by molar-refractivity contribution is -0.140. The van der Waals surface area contributed by atoms with Gasteiger partial charge < -0.3 is 21.9 Å². The fraction of sp³-hybridized carbons (Fsp3) is 0.353. The van der Waals surface area contributed by atoms with Crippen LogP contribution in [-0.4, -0.2) is 29.5 Å². The summed E-state index contributed by atoms with van der Waals surface area (Å²) in [4.78, 5) is 26.7. The third-order valence-corrected chi connectivity index (χ3v) is 3.78. The highest BCUT2D eigenvalue weighted by molar-refractivity contribution is 5.97. The summed E-state index contributed by atoms with van der Waals surface area (Å²) in [6, 6.07) is 5.79. The van der Waals surface area contributed by atoms with Gasteiger partial charge in [0, 0.05) is 12.2 Å². The Bertz CT molecular complexity index is 678. The van der Waals surface area contributed by atoms with Crippen LogP contribution in [0, 0.1) is 5.92 Å². The van der Waals surface area contributed by atoms with Gasteiger partial charge in [0.05, 0.1) is 12.3 Å². The van der Waals surface area contributed by atoms with Gasteiger partial charge in [-0.2, -0.15) is 0 Å². The van der Waals surface area contributed by atoms with E-state index in [9.17, 15) is 9.59 Å². The summed E-state index contributed by atoms with van der Waals surface area (Å²) in [5.74, 6) is -1.60. The second-order valence-corrected chi connectivity index (χ2v) is 5.76. The van der Waals surface area contributed by atoms with E-state index in [1.165, 1.54) is 0 Å². The number of allylic oxidation sites excluding steroid dienone is 1. The molecule has 1 amide bonds. The van der Waals surface area contributed by atoms with E-state index in [2.05, 4.69) is 10.3 Å². The molecule has 1 heterocycles. The van der Waals surface area contributed by atoms with E-state index in [1.54, 1.807) is 0 Å². The minimum absolute atomic E-state index is 0.102. The SMILES string of the molecule is NC(N)=NCCC/C=C/c1ccc2c(c1)NC(=O)C(CC(=O)O)C2. The van der Waals surface area contributed by atoms with Crippen LogP contribution in [0.2, 0.25) is 0 Å². The maximum atomic E-state index is 12.0. The molecule has 0 aliphatic carbocycles. The van der Waals surface area contributed by atoms with Crippen LogP contribution < -0.4 is 16.8 Å². The lowest BCUT2D eigenvalue weighted by atomic mass is 9.90. The number of nitrogens with zero attached hydrogens (tertiary/aromatic N) is 1. The average Bonchev–Trinajstić information content (AvgIpc) is 2.51. The Morgan fingerprint density at radius 2 is 2.21 bits per heavy atom. The van der Waals surface area contributed by atoms with Gasteiger partial charge in [-0.3, -0.25) is 14.6 Å². The van der Waals surface area contributed by atoms with Crippen LogP contribution in [-0.2, 0) is 16.0 Å². The van der Waals surface area contributed by atoms with Crippen molar-refractivity contribution in [3.05, 3.63) is 35.4 Å². The molecule has 1 aliphatic heterocycles. The van der Waals surface area contributed by atoms with Gasteiger partial charge in [-0.05, 0) is 36.5 Å². The molecular weight excluding hydrogens is 308 g/mol. The van der Waals surface area contributed by atoms with E-state index in [1.807, 2.05) is 30.4 Å². The molecule has 0 fully saturated rings. The first kappa shape index (κ1) is 17.5. The van der Waals surface area contributed by atoms with Gasteiger partial charge in [0.1, 0.15) is 0 Å². The van der Waals surface area contributed by atoms with E-state index in [0.717, 1.165) is 29.7 Å². The predicted molar refractivity (Wildman–Crippen MR) is 93.5 cm³/mol. The van der Waals surface area contributed by atoms with Gasteiger partial charge in [-0.25, -0.2) is 0 Å². The van der Waals surface area contributed by atoms with Crippen LogP contribution in [0.1, 0.15) is 30.4 Å². The maximum Gasteiger partial charge on any atom is 0.304 e. The Balaban J connectivity index is 1.95. The highest BCUT2D eigenvalue weighted by atomic mass is 16.4. The number of anilines is 1. The highest BCUT2D eigenvalue weighted by Gasteiger charge is 2.27. The van der Waals surface area contributed by atoms with Crippen LogP contribution in [0.4, 0.5) is 5.69 Å². The molecule has 6 N–H and O–H groups in total. The third-order valence-electron chi connectivity index (χ3n) is 3.78.